The Morgan fingerprint density at radius 1 is 1.28 bits per heavy atom. The molecule has 0 spiro atoms. The van der Waals surface area contributed by atoms with E-state index in [0.717, 1.165) is 10.1 Å². The number of hydrogen-bond acceptors (Lipinski definition) is 11. The number of carbonyl (C=O) groups is 2. The van der Waals surface area contributed by atoms with Crippen LogP contribution >= 0.6 is 23.8 Å². The molecule has 1 unspecified atom stereocenters. The number of carbonyl (C=O) groups excluding carboxylic acids is 2. The number of halogens is 1. The molecule has 252 valence electrons. The predicted octanol–water partition coefficient (Wildman–Crippen LogP) is 5.08. The third-order valence-electron chi connectivity index (χ3n) is 7.41. The Bertz CT molecular complexity index is 1630. The van der Waals surface area contributed by atoms with E-state index in [4.69, 9.17) is 27.8 Å². The number of nitrogens with zero attached hydrogens (tertiary/aromatic N) is 1. The predicted molar refractivity (Wildman–Crippen MR) is 170 cm³/mol. The highest BCUT2D eigenvalue weighted by Crippen LogP contribution is 2.55. The number of rotatable bonds is 10. The molecule has 1 saturated heterocycles. The molecule has 1 aromatic heterocycles. The van der Waals surface area contributed by atoms with Crippen molar-refractivity contribution in [2.75, 3.05) is 6.61 Å². The summed E-state index contributed by atoms with van der Waals surface area (Å²) < 4.78 is 48.8. The van der Waals surface area contributed by atoms with Crippen LogP contribution in [-0.4, -0.2) is 52.1 Å². The molecule has 2 aromatic rings. The first-order chi connectivity index (χ1) is 21.6. The van der Waals surface area contributed by atoms with Gasteiger partial charge in [-0.1, -0.05) is 54.4 Å². The molecular formula is C30H39BrN3O11P. The number of phosphoric acid groups is 1. The lowest BCUT2D eigenvalue weighted by atomic mass is 9.99. The monoisotopic (exact) mass is 727 g/mol. The zero-order chi connectivity index (χ0) is 33.8. The number of para-hydroxylation sites is 1. The number of fused-ring (bicyclic) bond motifs is 1. The summed E-state index contributed by atoms with van der Waals surface area (Å²) in [5.41, 5.74) is -0.547. The van der Waals surface area contributed by atoms with Crippen LogP contribution in [-0.2, 0) is 39.2 Å². The molecule has 1 fully saturated rings. The third-order valence-corrected chi connectivity index (χ3v) is 8.99. The molecule has 14 nitrogen and oxygen atoms in total. The maximum Gasteiger partial charge on any atom is 0.530 e. The number of esters is 1. The lowest BCUT2D eigenvalue weighted by molar-refractivity contribution is -0.157. The maximum absolute atomic E-state index is 13.6. The van der Waals surface area contributed by atoms with Crippen molar-refractivity contribution < 1.29 is 41.9 Å². The summed E-state index contributed by atoms with van der Waals surface area (Å²) in [4.78, 5) is 54.9. The number of hydrogen-bond donors (Lipinski definition) is 2. The Morgan fingerprint density at radius 3 is 2.70 bits per heavy atom. The van der Waals surface area contributed by atoms with E-state index in [0.29, 0.717) is 17.7 Å². The van der Waals surface area contributed by atoms with Gasteiger partial charge in [0.1, 0.15) is 35.8 Å². The summed E-state index contributed by atoms with van der Waals surface area (Å²) in [6.07, 6.45) is -0.657. The molecule has 0 saturated carbocycles. The quantitative estimate of drug-likeness (QED) is 0.247. The molecule has 2 aliphatic heterocycles. The summed E-state index contributed by atoms with van der Waals surface area (Å²) in [5, 5.41) is 2.60. The lowest BCUT2D eigenvalue weighted by Crippen LogP contribution is -2.49. The number of phosphoric ester groups is 1. The smallest absolute Gasteiger partial charge is 0.458 e. The van der Waals surface area contributed by atoms with Crippen molar-refractivity contribution in [3.8, 4) is 5.75 Å². The second-order valence-electron chi connectivity index (χ2n) is 12.1. The van der Waals surface area contributed by atoms with Crippen LogP contribution in [0, 0.1) is 12.8 Å². The maximum atomic E-state index is 13.6. The van der Waals surface area contributed by atoms with Gasteiger partial charge >= 0.3 is 25.6 Å². The zero-order valence-corrected chi connectivity index (χ0v) is 28.9. The number of alkyl carbamates (subject to hydrolysis) is 1. The van der Waals surface area contributed by atoms with E-state index in [2.05, 4.69) is 26.2 Å². The van der Waals surface area contributed by atoms with Crippen LogP contribution in [0.3, 0.4) is 0 Å². The summed E-state index contributed by atoms with van der Waals surface area (Å²) in [7, 11) is -4.11. The SMILES string of the molecule is CC[C@H](C)[C@H](NC(=O)OC(C)(C)C)C(=O)O[C@H]1C[C@H](n2cc(/C=C/Br)c(=O)[nH]c2=O)O[C@@H]1COP1(=O)OCc2cccc(C)c2O1. The number of nitrogens with one attached hydrogen (secondary N) is 2. The van der Waals surface area contributed by atoms with Crippen LogP contribution in [0.2, 0.25) is 0 Å². The van der Waals surface area contributed by atoms with E-state index < -0.39 is 67.8 Å². The topological polar surface area (TPSA) is 173 Å². The first-order valence-corrected chi connectivity index (χ1v) is 17.2. The van der Waals surface area contributed by atoms with E-state index >= 15 is 0 Å². The molecule has 1 aromatic carbocycles. The summed E-state index contributed by atoms with van der Waals surface area (Å²) in [5.74, 6) is -0.712. The summed E-state index contributed by atoms with van der Waals surface area (Å²) in [6.45, 7) is 10.1. The third kappa shape index (κ3) is 8.77. The molecule has 2 aliphatic rings. The standard InChI is InChI=1S/C30H39BrN3O11P/c1-7-17(2)24(32-29(38)44-30(4,5)6)27(36)43-21-13-23(34-14-19(11-12-31)26(35)33-28(34)37)42-22(21)16-41-46(39)40-15-20-10-8-9-18(3)25(20)45-46/h8-12,14,17,21-24H,7,13,15-16H2,1-6H3,(H,32,38)(H,33,35,37)/b12-11+/t17-,21-,22+,23+,24-,46?/m0/s1. The largest absolute Gasteiger partial charge is 0.530 e. The summed E-state index contributed by atoms with van der Waals surface area (Å²) in [6, 6.07) is 4.33. The van der Waals surface area contributed by atoms with Crippen LogP contribution in [0.15, 0.2) is 39.0 Å². The van der Waals surface area contributed by atoms with Gasteiger partial charge in [0, 0.05) is 18.2 Å². The first kappa shape index (κ1) is 35.6. The molecule has 0 aliphatic carbocycles. The fraction of sp³-hybridized carbons (Fsp3) is 0.533. The lowest BCUT2D eigenvalue weighted by Gasteiger charge is -2.29. The average molecular weight is 729 g/mol. The Labute approximate surface area is 274 Å². The first-order valence-electron chi connectivity index (χ1n) is 14.8. The zero-order valence-electron chi connectivity index (χ0n) is 26.4. The molecule has 3 heterocycles. The fourth-order valence-electron chi connectivity index (χ4n) is 4.85. The van der Waals surface area contributed by atoms with Gasteiger partial charge < -0.3 is 24.1 Å². The van der Waals surface area contributed by atoms with Gasteiger partial charge in [0.2, 0.25) is 0 Å². The van der Waals surface area contributed by atoms with Crippen molar-refractivity contribution in [2.24, 2.45) is 5.92 Å². The summed E-state index contributed by atoms with van der Waals surface area (Å²) >= 11 is 3.12. The average Bonchev–Trinajstić information content (AvgIpc) is 3.37. The van der Waals surface area contributed by atoms with E-state index in [-0.39, 0.29) is 24.5 Å². The Kier molecular flexibility index (Phi) is 11.4. The van der Waals surface area contributed by atoms with Gasteiger partial charge in [-0.05, 0) is 50.2 Å². The van der Waals surface area contributed by atoms with Crippen LogP contribution in [0.25, 0.3) is 6.08 Å². The van der Waals surface area contributed by atoms with Gasteiger partial charge in [0.25, 0.3) is 5.56 Å². The molecule has 16 heteroatoms. The number of aryl methyl sites for hydroxylation is 1. The number of H-pyrrole nitrogens is 1. The van der Waals surface area contributed by atoms with Crippen molar-refractivity contribution in [3.05, 3.63) is 66.9 Å². The Hall–Kier alpha value is -3.23. The molecule has 1 amide bonds. The minimum atomic E-state index is -4.11. The second kappa shape index (κ2) is 14.7. The minimum Gasteiger partial charge on any atom is -0.458 e. The van der Waals surface area contributed by atoms with E-state index in [1.54, 1.807) is 46.8 Å². The number of aromatic amines is 1. The van der Waals surface area contributed by atoms with Crippen LogP contribution < -0.4 is 21.1 Å². The van der Waals surface area contributed by atoms with Crippen molar-refractivity contribution >= 4 is 41.9 Å². The highest BCUT2D eigenvalue weighted by molar-refractivity contribution is 9.11. The fourth-order valence-corrected chi connectivity index (χ4v) is 6.42. The number of amides is 1. The van der Waals surface area contributed by atoms with Crippen molar-refractivity contribution in [1.29, 1.82) is 0 Å². The molecule has 4 rings (SSSR count). The Morgan fingerprint density at radius 2 is 2.02 bits per heavy atom. The van der Waals surface area contributed by atoms with E-state index in [1.165, 1.54) is 17.3 Å². The highest BCUT2D eigenvalue weighted by Gasteiger charge is 2.44. The molecule has 0 radical (unpaired) electrons. The van der Waals surface area contributed by atoms with E-state index in [1.807, 2.05) is 13.0 Å². The number of benzene rings is 1. The van der Waals surface area contributed by atoms with Crippen molar-refractivity contribution in [3.63, 3.8) is 0 Å². The Balaban J connectivity index is 1.58. The van der Waals surface area contributed by atoms with Gasteiger partial charge in [-0.25, -0.2) is 18.9 Å². The van der Waals surface area contributed by atoms with Crippen molar-refractivity contribution in [2.45, 2.75) is 91.1 Å². The normalized spacial score (nSPS) is 24.1. The minimum absolute atomic E-state index is 0.00951. The second-order valence-corrected chi connectivity index (χ2v) is 14.2. The number of ether oxygens (including phenoxy) is 3. The molecule has 6 atom stereocenters. The van der Waals surface area contributed by atoms with E-state index in [9.17, 15) is 23.7 Å². The molecular weight excluding hydrogens is 689 g/mol. The van der Waals surface area contributed by atoms with Gasteiger partial charge in [-0.2, -0.15) is 0 Å². The number of aromatic nitrogens is 2. The molecule has 2 N–H and O–H groups in total. The van der Waals surface area contributed by atoms with Gasteiger partial charge in [0.15, 0.2) is 0 Å². The highest BCUT2D eigenvalue weighted by atomic mass is 79.9. The van der Waals surface area contributed by atoms with Crippen LogP contribution in [0.5, 0.6) is 5.75 Å². The van der Waals surface area contributed by atoms with Gasteiger partial charge in [-0.3, -0.25) is 23.4 Å². The van der Waals surface area contributed by atoms with Crippen LogP contribution in [0.1, 0.15) is 70.4 Å². The van der Waals surface area contributed by atoms with Crippen LogP contribution in [0.4, 0.5) is 4.79 Å². The van der Waals surface area contributed by atoms with Gasteiger partial charge in [0.05, 0.1) is 18.8 Å². The molecule has 0 bridgehead atoms. The molecule has 46 heavy (non-hydrogen) atoms. The van der Waals surface area contributed by atoms with Crippen molar-refractivity contribution in [1.82, 2.24) is 14.9 Å². The van der Waals surface area contributed by atoms with Gasteiger partial charge in [-0.15, -0.1) is 0 Å².